The Kier molecular flexibility index (Phi) is 5.92. The fraction of sp³-hybridized carbons (Fsp3) is 0.615. The number of hydrogen-bond donors (Lipinski definition) is 1. The number of rotatable bonds is 6. The van der Waals surface area contributed by atoms with Gasteiger partial charge in [0, 0.05) is 35.4 Å². The van der Waals surface area contributed by atoms with Gasteiger partial charge in [-0.05, 0) is 41.8 Å². The average Bonchev–Trinajstić information content (AvgIpc) is 2.30. The van der Waals surface area contributed by atoms with E-state index in [2.05, 4.69) is 35.1 Å². The van der Waals surface area contributed by atoms with Crippen molar-refractivity contribution in [1.29, 1.82) is 0 Å². The third-order valence-electron chi connectivity index (χ3n) is 3.00. The van der Waals surface area contributed by atoms with Crippen molar-refractivity contribution in [2.75, 3.05) is 6.54 Å². The molecule has 0 saturated carbocycles. The molecule has 4 heteroatoms. The monoisotopic (exact) mass is 300 g/mol. The summed E-state index contributed by atoms with van der Waals surface area (Å²) in [6, 6.07) is 2.41. The van der Waals surface area contributed by atoms with Crippen LogP contribution in [-0.2, 0) is 6.54 Å². The molecule has 0 radical (unpaired) electrons. The van der Waals surface area contributed by atoms with Gasteiger partial charge in [0.2, 0.25) is 0 Å². The van der Waals surface area contributed by atoms with Crippen molar-refractivity contribution in [2.45, 2.75) is 46.2 Å². The van der Waals surface area contributed by atoms with Crippen LogP contribution in [0, 0.1) is 6.92 Å². The summed E-state index contributed by atoms with van der Waals surface area (Å²) in [4.78, 5) is 11.9. The smallest absolute Gasteiger partial charge is 0.253 e. The van der Waals surface area contributed by atoms with Crippen molar-refractivity contribution < 1.29 is 0 Å². The molecule has 0 bridgehead atoms. The predicted molar refractivity (Wildman–Crippen MR) is 75.5 cm³/mol. The first kappa shape index (κ1) is 14.5. The lowest BCUT2D eigenvalue weighted by molar-refractivity contribution is 0.462. The molecule has 0 aromatic carbocycles. The standard InChI is InChI=1S/C13H21BrN2O/c1-4-12(5-2)15-6-7-16-9-11(14)8-10(3)13(16)17/h8-9,12,15H,4-7H2,1-3H3. The van der Waals surface area contributed by atoms with Crippen molar-refractivity contribution in [3.05, 3.63) is 32.7 Å². The lowest BCUT2D eigenvalue weighted by Crippen LogP contribution is -2.33. The maximum Gasteiger partial charge on any atom is 0.253 e. The van der Waals surface area contributed by atoms with Crippen molar-refractivity contribution >= 4 is 15.9 Å². The third-order valence-corrected chi connectivity index (χ3v) is 3.44. The van der Waals surface area contributed by atoms with Crippen molar-refractivity contribution in [1.82, 2.24) is 9.88 Å². The minimum Gasteiger partial charge on any atom is -0.313 e. The van der Waals surface area contributed by atoms with E-state index in [9.17, 15) is 4.79 Å². The molecule has 0 spiro atoms. The summed E-state index contributed by atoms with van der Waals surface area (Å²) in [6.45, 7) is 7.75. The lowest BCUT2D eigenvalue weighted by atomic mass is 10.2. The normalized spacial score (nSPS) is 11.1. The molecule has 0 saturated heterocycles. The van der Waals surface area contributed by atoms with E-state index in [-0.39, 0.29) is 5.56 Å². The molecule has 1 rings (SSSR count). The van der Waals surface area contributed by atoms with E-state index >= 15 is 0 Å². The van der Waals surface area contributed by atoms with Crippen molar-refractivity contribution in [3.63, 3.8) is 0 Å². The summed E-state index contributed by atoms with van der Waals surface area (Å²) in [5.41, 5.74) is 0.876. The zero-order valence-corrected chi connectivity index (χ0v) is 12.4. The Morgan fingerprint density at radius 1 is 1.41 bits per heavy atom. The summed E-state index contributed by atoms with van der Waals surface area (Å²) in [5.74, 6) is 0. The van der Waals surface area contributed by atoms with Gasteiger partial charge in [0.1, 0.15) is 0 Å². The highest BCUT2D eigenvalue weighted by Crippen LogP contribution is 2.07. The summed E-state index contributed by atoms with van der Waals surface area (Å²) in [5, 5.41) is 3.46. The number of hydrogen-bond acceptors (Lipinski definition) is 2. The minimum atomic E-state index is 0.0968. The Balaban J connectivity index is 2.61. The third kappa shape index (κ3) is 4.28. The van der Waals surface area contributed by atoms with Gasteiger partial charge in [-0.15, -0.1) is 0 Å². The summed E-state index contributed by atoms with van der Waals surface area (Å²) >= 11 is 3.42. The summed E-state index contributed by atoms with van der Waals surface area (Å²) < 4.78 is 2.71. The topological polar surface area (TPSA) is 34.0 Å². The quantitative estimate of drug-likeness (QED) is 0.876. The maximum absolute atomic E-state index is 11.9. The molecule has 1 aromatic heterocycles. The molecule has 1 N–H and O–H groups in total. The lowest BCUT2D eigenvalue weighted by Gasteiger charge is -2.15. The van der Waals surface area contributed by atoms with E-state index in [1.807, 2.05) is 19.2 Å². The SMILES string of the molecule is CCC(CC)NCCn1cc(Br)cc(C)c1=O. The highest BCUT2D eigenvalue weighted by atomic mass is 79.9. The van der Waals surface area contributed by atoms with Gasteiger partial charge in [-0.2, -0.15) is 0 Å². The predicted octanol–water partition coefficient (Wildman–Crippen LogP) is 2.70. The summed E-state index contributed by atoms with van der Waals surface area (Å²) in [7, 11) is 0. The zero-order chi connectivity index (χ0) is 12.8. The first-order valence-electron chi connectivity index (χ1n) is 6.18. The van der Waals surface area contributed by atoms with Gasteiger partial charge >= 0.3 is 0 Å². The van der Waals surface area contributed by atoms with Crippen LogP contribution in [0.15, 0.2) is 21.5 Å². The van der Waals surface area contributed by atoms with E-state index in [0.717, 1.165) is 36.0 Å². The van der Waals surface area contributed by atoms with E-state index < -0.39 is 0 Å². The fourth-order valence-corrected chi connectivity index (χ4v) is 2.46. The largest absolute Gasteiger partial charge is 0.313 e. The molecule has 3 nitrogen and oxygen atoms in total. The molecule has 17 heavy (non-hydrogen) atoms. The number of pyridine rings is 1. The second-order valence-electron chi connectivity index (χ2n) is 4.31. The molecule has 0 atom stereocenters. The van der Waals surface area contributed by atoms with Crippen molar-refractivity contribution in [2.24, 2.45) is 0 Å². The number of aromatic nitrogens is 1. The van der Waals surface area contributed by atoms with Gasteiger partial charge in [-0.25, -0.2) is 0 Å². The molecule has 0 aliphatic carbocycles. The Labute approximate surface area is 111 Å². The Hall–Kier alpha value is -0.610. The molecule has 0 amide bonds. The van der Waals surface area contributed by atoms with Crippen LogP contribution >= 0.6 is 15.9 Å². The van der Waals surface area contributed by atoms with E-state index in [1.54, 1.807) is 4.57 Å². The van der Waals surface area contributed by atoms with Crippen LogP contribution in [0.5, 0.6) is 0 Å². The maximum atomic E-state index is 11.9. The number of halogens is 1. The Morgan fingerprint density at radius 3 is 2.65 bits per heavy atom. The minimum absolute atomic E-state index is 0.0968. The van der Waals surface area contributed by atoms with E-state index in [0.29, 0.717) is 6.04 Å². The van der Waals surface area contributed by atoms with Gasteiger partial charge in [0.25, 0.3) is 5.56 Å². The molecule has 96 valence electrons. The average molecular weight is 301 g/mol. The molecule has 1 aromatic rings. The molecular weight excluding hydrogens is 280 g/mol. The molecule has 1 heterocycles. The van der Waals surface area contributed by atoms with Gasteiger partial charge in [0.05, 0.1) is 0 Å². The second-order valence-corrected chi connectivity index (χ2v) is 5.22. The first-order chi connectivity index (χ1) is 8.08. The van der Waals surface area contributed by atoms with Crippen LogP contribution < -0.4 is 10.9 Å². The molecule has 0 unspecified atom stereocenters. The first-order valence-corrected chi connectivity index (χ1v) is 6.97. The van der Waals surface area contributed by atoms with Crippen LogP contribution in [0.4, 0.5) is 0 Å². The van der Waals surface area contributed by atoms with Gasteiger partial charge in [-0.1, -0.05) is 13.8 Å². The van der Waals surface area contributed by atoms with Crippen LogP contribution in [0.1, 0.15) is 32.3 Å². The van der Waals surface area contributed by atoms with E-state index in [1.165, 1.54) is 0 Å². The Bertz CT molecular complexity index is 410. The van der Waals surface area contributed by atoms with Crippen LogP contribution in [0.2, 0.25) is 0 Å². The fourth-order valence-electron chi connectivity index (χ4n) is 1.87. The van der Waals surface area contributed by atoms with Gasteiger partial charge in [0.15, 0.2) is 0 Å². The zero-order valence-electron chi connectivity index (χ0n) is 10.8. The highest BCUT2D eigenvalue weighted by molar-refractivity contribution is 9.10. The van der Waals surface area contributed by atoms with Crippen LogP contribution in [0.3, 0.4) is 0 Å². The van der Waals surface area contributed by atoms with Crippen LogP contribution in [-0.4, -0.2) is 17.2 Å². The van der Waals surface area contributed by atoms with Crippen LogP contribution in [0.25, 0.3) is 0 Å². The summed E-state index contributed by atoms with van der Waals surface area (Å²) in [6.07, 6.45) is 4.11. The van der Waals surface area contributed by atoms with E-state index in [4.69, 9.17) is 0 Å². The molecular formula is C13H21BrN2O. The Morgan fingerprint density at radius 2 is 2.06 bits per heavy atom. The number of nitrogens with zero attached hydrogens (tertiary/aromatic N) is 1. The molecule has 0 fully saturated rings. The molecule has 0 aliphatic rings. The molecule has 0 aliphatic heterocycles. The second kappa shape index (κ2) is 6.97. The van der Waals surface area contributed by atoms with Crippen molar-refractivity contribution in [3.8, 4) is 0 Å². The number of nitrogens with one attached hydrogen (secondary N) is 1. The van der Waals surface area contributed by atoms with Gasteiger partial charge in [-0.3, -0.25) is 4.79 Å². The number of aryl methyl sites for hydroxylation is 1. The van der Waals surface area contributed by atoms with Gasteiger partial charge < -0.3 is 9.88 Å². The highest BCUT2D eigenvalue weighted by Gasteiger charge is 2.04.